The fourth-order valence-corrected chi connectivity index (χ4v) is 2.38. The van der Waals surface area contributed by atoms with Gasteiger partial charge in [-0.15, -0.1) is 11.8 Å². The van der Waals surface area contributed by atoms with Gasteiger partial charge in [-0.1, -0.05) is 12.5 Å². The molecule has 0 fully saturated rings. The summed E-state index contributed by atoms with van der Waals surface area (Å²) < 4.78 is 4.58. The molecular formula is C16H23NO3S. The SMILES string of the molecule is COC(=O)CCCCCNC(=O)c1cc(SC)ccc1C. The normalized spacial score (nSPS) is 10.2. The lowest BCUT2D eigenvalue weighted by Crippen LogP contribution is -2.25. The molecule has 116 valence electrons. The van der Waals surface area contributed by atoms with E-state index in [0.717, 1.165) is 35.3 Å². The van der Waals surface area contributed by atoms with Crippen LogP contribution in [0.3, 0.4) is 0 Å². The van der Waals surface area contributed by atoms with Crippen molar-refractivity contribution in [2.45, 2.75) is 37.5 Å². The first-order valence-electron chi connectivity index (χ1n) is 7.08. The van der Waals surface area contributed by atoms with Crippen molar-refractivity contribution in [3.63, 3.8) is 0 Å². The number of hydrogen-bond acceptors (Lipinski definition) is 4. The summed E-state index contributed by atoms with van der Waals surface area (Å²) in [6, 6.07) is 5.91. The van der Waals surface area contributed by atoms with Crippen molar-refractivity contribution >= 4 is 23.6 Å². The van der Waals surface area contributed by atoms with E-state index in [9.17, 15) is 9.59 Å². The Morgan fingerprint density at radius 3 is 2.67 bits per heavy atom. The molecule has 1 amide bonds. The van der Waals surface area contributed by atoms with Gasteiger partial charge in [0.1, 0.15) is 0 Å². The van der Waals surface area contributed by atoms with Gasteiger partial charge in [0.15, 0.2) is 0 Å². The number of nitrogens with one attached hydrogen (secondary N) is 1. The average molecular weight is 309 g/mol. The Morgan fingerprint density at radius 2 is 2.00 bits per heavy atom. The fourth-order valence-electron chi connectivity index (χ4n) is 1.94. The monoisotopic (exact) mass is 309 g/mol. The van der Waals surface area contributed by atoms with E-state index in [1.54, 1.807) is 11.8 Å². The van der Waals surface area contributed by atoms with Crippen molar-refractivity contribution < 1.29 is 14.3 Å². The molecule has 0 atom stereocenters. The lowest BCUT2D eigenvalue weighted by molar-refractivity contribution is -0.140. The summed E-state index contributed by atoms with van der Waals surface area (Å²) in [5.74, 6) is -0.208. The molecule has 1 rings (SSSR count). The third-order valence-corrected chi connectivity index (χ3v) is 3.99. The summed E-state index contributed by atoms with van der Waals surface area (Å²) in [7, 11) is 1.40. The third kappa shape index (κ3) is 6.21. The third-order valence-electron chi connectivity index (χ3n) is 3.26. The van der Waals surface area contributed by atoms with Gasteiger partial charge < -0.3 is 10.1 Å². The number of ether oxygens (including phenoxy) is 1. The largest absolute Gasteiger partial charge is 0.469 e. The minimum Gasteiger partial charge on any atom is -0.469 e. The lowest BCUT2D eigenvalue weighted by Gasteiger charge is -2.09. The summed E-state index contributed by atoms with van der Waals surface area (Å²) in [5.41, 5.74) is 1.72. The molecule has 5 heteroatoms. The molecule has 1 aromatic carbocycles. The van der Waals surface area contributed by atoms with Crippen LogP contribution in [0.15, 0.2) is 23.1 Å². The minimum absolute atomic E-state index is 0.0311. The predicted octanol–water partition coefficient (Wildman–Crippen LogP) is 3.18. The number of rotatable bonds is 8. The number of carbonyl (C=O) groups excluding carboxylic acids is 2. The molecule has 0 spiro atoms. The molecular weight excluding hydrogens is 286 g/mol. The van der Waals surface area contributed by atoms with E-state index in [1.807, 2.05) is 31.4 Å². The van der Waals surface area contributed by atoms with Crippen molar-refractivity contribution in [2.75, 3.05) is 19.9 Å². The van der Waals surface area contributed by atoms with E-state index in [-0.39, 0.29) is 11.9 Å². The van der Waals surface area contributed by atoms with E-state index in [0.29, 0.717) is 13.0 Å². The molecule has 0 aromatic heterocycles. The molecule has 4 nitrogen and oxygen atoms in total. The van der Waals surface area contributed by atoms with Crippen LogP contribution >= 0.6 is 11.8 Å². The van der Waals surface area contributed by atoms with E-state index in [4.69, 9.17) is 0 Å². The smallest absolute Gasteiger partial charge is 0.305 e. The first-order valence-corrected chi connectivity index (χ1v) is 8.30. The number of carbonyl (C=O) groups is 2. The van der Waals surface area contributed by atoms with Gasteiger partial charge in [0.05, 0.1) is 7.11 Å². The number of unbranched alkanes of at least 4 members (excludes halogenated alkanes) is 2. The summed E-state index contributed by atoms with van der Waals surface area (Å²) in [4.78, 5) is 24.2. The lowest BCUT2D eigenvalue weighted by atomic mass is 10.1. The molecule has 1 aromatic rings. The van der Waals surface area contributed by atoms with E-state index in [1.165, 1.54) is 7.11 Å². The summed E-state index contributed by atoms with van der Waals surface area (Å²) in [5, 5.41) is 2.93. The maximum atomic E-state index is 12.1. The van der Waals surface area contributed by atoms with E-state index in [2.05, 4.69) is 10.1 Å². The molecule has 0 aliphatic rings. The standard InChI is InChI=1S/C16H23NO3S/c1-12-8-9-13(21-3)11-14(12)16(19)17-10-6-4-5-7-15(18)20-2/h8-9,11H,4-7,10H2,1-3H3,(H,17,19). The number of thioether (sulfide) groups is 1. The van der Waals surface area contributed by atoms with Gasteiger partial charge in [-0.25, -0.2) is 0 Å². The van der Waals surface area contributed by atoms with Crippen LogP contribution in [0.25, 0.3) is 0 Å². The molecule has 1 N–H and O–H groups in total. The van der Waals surface area contributed by atoms with E-state index < -0.39 is 0 Å². The summed E-state index contributed by atoms with van der Waals surface area (Å²) >= 11 is 1.63. The van der Waals surface area contributed by atoms with Crippen molar-refractivity contribution in [3.8, 4) is 0 Å². The second-order valence-electron chi connectivity index (χ2n) is 4.82. The molecule has 0 bridgehead atoms. The van der Waals surface area contributed by atoms with E-state index >= 15 is 0 Å². The van der Waals surface area contributed by atoms with Gasteiger partial charge in [0.2, 0.25) is 0 Å². The summed E-state index contributed by atoms with van der Waals surface area (Å²) in [6.45, 7) is 2.57. The molecule has 0 unspecified atom stereocenters. The van der Waals surface area contributed by atoms with Crippen molar-refractivity contribution in [1.82, 2.24) is 5.32 Å². The maximum absolute atomic E-state index is 12.1. The number of amides is 1. The Labute approximate surface area is 130 Å². The van der Waals surface area contributed by atoms with Crippen molar-refractivity contribution in [1.29, 1.82) is 0 Å². The Balaban J connectivity index is 2.32. The van der Waals surface area contributed by atoms with Crippen LogP contribution in [-0.2, 0) is 9.53 Å². The Bertz CT molecular complexity index is 488. The van der Waals surface area contributed by atoms with Crippen LogP contribution < -0.4 is 5.32 Å². The van der Waals surface area contributed by atoms with Gasteiger partial charge in [-0.3, -0.25) is 9.59 Å². The quantitative estimate of drug-likeness (QED) is 0.455. The van der Waals surface area contributed by atoms with Gasteiger partial charge in [0.25, 0.3) is 5.91 Å². The molecule has 0 radical (unpaired) electrons. The highest BCUT2D eigenvalue weighted by Crippen LogP contribution is 2.19. The highest BCUT2D eigenvalue weighted by Gasteiger charge is 2.09. The zero-order chi connectivity index (χ0) is 15.7. The second kappa shape index (κ2) is 9.45. The maximum Gasteiger partial charge on any atom is 0.305 e. The highest BCUT2D eigenvalue weighted by molar-refractivity contribution is 7.98. The van der Waals surface area contributed by atoms with Crippen molar-refractivity contribution in [3.05, 3.63) is 29.3 Å². The molecule has 21 heavy (non-hydrogen) atoms. The topological polar surface area (TPSA) is 55.4 Å². The number of methoxy groups -OCH3 is 1. The van der Waals surface area contributed by atoms with Crippen LogP contribution in [0.2, 0.25) is 0 Å². The molecule has 0 saturated heterocycles. The molecule has 0 aliphatic heterocycles. The minimum atomic E-state index is -0.177. The van der Waals surface area contributed by atoms with Crippen LogP contribution in [0.4, 0.5) is 0 Å². The fraction of sp³-hybridized carbons (Fsp3) is 0.500. The first kappa shape index (κ1) is 17.6. The number of aryl methyl sites for hydroxylation is 1. The van der Waals surface area contributed by atoms with Gasteiger partial charge >= 0.3 is 5.97 Å². The number of hydrogen-bond donors (Lipinski definition) is 1. The molecule has 0 aliphatic carbocycles. The Kier molecular flexibility index (Phi) is 7.90. The van der Waals surface area contributed by atoms with Gasteiger partial charge in [-0.2, -0.15) is 0 Å². The average Bonchev–Trinajstić information content (AvgIpc) is 2.50. The number of benzene rings is 1. The molecule has 0 saturated carbocycles. The predicted molar refractivity (Wildman–Crippen MR) is 85.8 cm³/mol. The van der Waals surface area contributed by atoms with Crippen molar-refractivity contribution in [2.24, 2.45) is 0 Å². The zero-order valence-electron chi connectivity index (χ0n) is 12.9. The van der Waals surface area contributed by atoms with Crippen LogP contribution in [-0.4, -0.2) is 31.8 Å². The highest BCUT2D eigenvalue weighted by atomic mass is 32.2. The van der Waals surface area contributed by atoms with Gasteiger partial charge in [0, 0.05) is 23.4 Å². The molecule has 0 heterocycles. The van der Waals surface area contributed by atoms with Crippen LogP contribution in [0.1, 0.15) is 41.6 Å². The second-order valence-corrected chi connectivity index (χ2v) is 5.70. The summed E-state index contributed by atoms with van der Waals surface area (Å²) in [6.07, 6.45) is 5.00. The van der Waals surface area contributed by atoms with Crippen LogP contribution in [0, 0.1) is 6.92 Å². The first-order chi connectivity index (χ1) is 10.1. The number of esters is 1. The van der Waals surface area contributed by atoms with Gasteiger partial charge in [-0.05, 0) is 43.7 Å². The van der Waals surface area contributed by atoms with Crippen LogP contribution in [0.5, 0.6) is 0 Å². The Morgan fingerprint density at radius 1 is 1.24 bits per heavy atom. The zero-order valence-corrected chi connectivity index (χ0v) is 13.7. The Hall–Kier alpha value is -1.49.